The molecule has 1 aliphatic heterocycles. The van der Waals surface area contributed by atoms with Gasteiger partial charge in [0.25, 0.3) is 0 Å². The number of nitrogens with zero attached hydrogens (tertiary/aromatic N) is 2. The van der Waals surface area contributed by atoms with Gasteiger partial charge in [0, 0.05) is 31.9 Å². The number of benzene rings is 1. The number of sulfonamides is 1. The highest BCUT2D eigenvalue weighted by Crippen LogP contribution is 2.23. The molecule has 0 spiro atoms. The standard InChI is InChI=1S/C18H29N3O5S2/c1-5-21(6-2)28(25,26)16-8-7-14(3)17(11-16)19-12-18(22)20(4)15-9-10-27(23,24)13-15/h7-8,11,15,19H,5-6,9-10,12-13H2,1-4H3. The molecule has 1 heterocycles. The van der Waals surface area contributed by atoms with Gasteiger partial charge in [0.2, 0.25) is 15.9 Å². The molecule has 1 amide bonds. The molecular weight excluding hydrogens is 402 g/mol. The van der Waals surface area contributed by atoms with E-state index in [0.717, 1.165) is 5.56 Å². The molecule has 2 rings (SSSR count). The van der Waals surface area contributed by atoms with E-state index in [4.69, 9.17) is 0 Å². The Morgan fingerprint density at radius 3 is 2.43 bits per heavy atom. The first-order valence-corrected chi connectivity index (χ1v) is 12.6. The van der Waals surface area contributed by atoms with E-state index in [1.54, 1.807) is 33.0 Å². The van der Waals surface area contributed by atoms with Gasteiger partial charge < -0.3 is 10.2 Å². The van der Waals surface area contributed by atoms with E-state index in [1.165, 1.54) is 15.3 Å². The minimum Gasteiger partial charge on any atom is -0.376 e. The van der Waals surface area contributed by atoms with Crippen molar-refractivity contribution in [1.29, 1.82) is 0 Å². The molecule has 0 radical (unpaired) electrons. The molecule has 8 nitrogen and oxygen atoms in total. The van der Waals surface area contributed by atoms with Crippen LogP contribution < -0.4 is 5.32 Å². The Balaban J connectivity index is 2.11. The Labute approximate surface area is 167 Å². The topological polar surface area (TPSA) is 104 Å². The fourth-order valence-corrected chi connectivity index (χ4v) is 6.50. The molecular formula is C18H29N3O5S2. The van der Waals surface area contributed by atoms with Gasteiger partial charge in [-0.15, -0.1) is 0 Å². The molecule has 1 N–H and O–H groups in total. The summed E-state index contributed by atoms with van der Waals surface area (Å²) >= 11 is 0. The maximum atomic E-state index is 12.7. The minimum atomic E-state index is -3.59. The maximum absolute atomic E-state index is 12.7. The number of sulfone groups is 1. The summed E-state index contributed by atoms with van der Waals surface area (Å²) in [7, 11) is -5.06. The average molecular weight is 432 g/mol. The summed E-state index contributed by atoms with van der Waals surface area (Å²) in [6, 6.07) is 4.49. The first-order valence-electron chi connectivity index (χ1n) is 9.32. The lowest BCUT2D eigenvalue weighted by Gasteiger charge is -2.24. The predicted molar refractivity (Wildman–Crippen MR) is 110 cm³/mol. The highest BCUT2D eigenvalue weighted by Gasteiger charge is 2.32. The predicted octanol–water partition coefficient (Wildman–Crippen LogP) is 1.08. The lowest BCUT2D eigenvalue weighted by Crippen LogP contribution is -2.41. The van der Waals surface area contributed by atoms with Crippen LogP contribution in [0.25, 0.3) is 0 Å². The van der Waals surface area contributed by atoms with E-state index >= 15 is 0 Å². The average Bonchev–Trinajstić information content (AvgIpc) is 3.00. The van der Waals surface area contributed by atoms with Crippen molar-refractivity contribution in [3.05, 3.63) is 23.8 Å². The first kappa shape index (κ1) is 22.6. The number of anilines is 1. The summed E-state index contributed by atoms with van der Waals surface area (Å²) in [5.74, 6) is -0.141. The SMILES string of the molecule is CCN(CC)S(=O)(=O)c1ccc(C)c(NCC(=O)N(C)C2CCS(=O)(=O)C2)c1. The molecule has 1 unspecified atom stereocenters. The summed E-state index contributed by atoms with van der Waals surface area (Å²) < 4.78 is 50.0. The van der Waals surface area contributed by atoms with Gasteiger partial charge in [-0.25, -0.2) is 16.8 Å². The molecule has 0 aliphatic carbocycles. The van der Waals surface area contributed by atoms with Crippen LogP contribution in [0.5, 0.6) is 0 Å². The van der Waals surface area contributed by atoms with Gasteiger partial charge in [0.15, 0.2) is 9.84 Å². The number of rotatable bonds is 8. The molecule has 0 saturated carbocycles. The van der Waals surface area contributed by atoms with Crippen LogP contribution >= 0.6 is 0 Å². The summed E-state index contributed by atoms with van der Waals surface area (Å²) in [4.78, 5) is 14.1. The number of carbonyl (C=O) groups is 1. The smallest absolute Gasteiger partial charge is 0.243 e. The lowest BCUT2D eigenvalue weighted by atomic mass is 10.2. The number of hydrogen-bond donors (Lipinski definition) is 1. The number of likely N-dealkylation sites (N-methyl/N-ethyl adjacent to an activating group) is 1. The van der Waals surface area contributed by atoms with Crippen molar-refractivity contribution >= 4 is 31.5 Å². The van der Waals surface area contributed by atoms with Gasteiger partial charge in [-0.1, -0.05) is 19.9 Å². The van der Waals surface area contributed by atoms with Gasteiger partial charge in [-0.2, -0.15) is 4.31 Å². The molecule has 1 aliphatic rings. The van der Waals surface area contributed by atoms with Crippen LogP contribution in [0.3, 0.4) is 0 Å². The second-order valence-corrected chi connectivity index (χ2v) is 11.1. The zero-order valence-corrected chi connectivity index (χ0v) is 18.4. The second kappa shape index (κ2) is 8.79. The van der Waals surface area contributed by atoms with Crippen molar-refractivity contribution in [2.75, 3.05) is 43.5 Å². The highest BCUT2D eigenvalue weighted by atomic mass is 32.2. The summed E-state index contributed by atoms with van der Waals surface area (Å²) in [6.07, 6.45) is 0.446. The van der Waals surface area contributed by atoms with E-state index in [2.05, 4.69) is 5.32 Å². The van der Waals surface area contributed by atoms with Crippen molar-refractivity contribution < 1.29 is 21.6 Å². The Hall–Kier alpha value is -1.65. The number of carbonyl (C=O) groups excluding carboxylic acids is 1. The highest BCUT2D eigenvalue weighted by molar-refractivity contribution is 7.91. The lowest BCUT2D eigenvalue weighted by molar-refractivity contribution is -0.129. The number of nitrogens with one attached hydrogen (secondary N) is 1. The molecule has 10 heteroatoms. The second-order valence-electron chi connectivity index (χ2n) is 6.98. The normalized spacial score (nSPS) is 19.0. The van der Waals surface area contributed by atoms with E-state index in [-0.39, 0.29) is 34.9 Å². The third-order valence-corrected chi connectivity index (χ3v) is 8.93. The zero-order valence-electron chi connectivity index (χ0n) is 16.8. The van der Waals surface area contributed by atoms with Crippen LogP contribution in [0.2, 0.25) is 0 Å². The summed E-state index contributed by atoms with van der Waals surface area (Å²) in [5.41, 5.74) is 1.38. The number of aryl methyl sites for hydroxylation is 1. The van der Waals surface area contributed by atoms with Gasteiger partial charge >= 0.3 is 0 Å². The third-order valence-electron chi connectivity index (χ3n) is 5.13. The Morgan fingerprint density at radius 2 is 1.89 bits per heavy atom. The molecule has 1 saturated heterocycles. The molecule has 28 heavy (non-hydrogen) atoms. The largest absolute Gasteiger partial charge is 0.376 e. The maximum Gasteiger partial charge on any atom is 0.243 e. The van der Waals surface area contributed by atoms with Crippen LogP contribution in [0, 0.1) is 6.92 Å². The van der Waals surface area contributed by atoms with Gasteiger partial charge in [0.05, 0.1) is 22.9 Å². The Morgan fingerprint density at radius 1 is 1.25 bits per heavy atom. The summed E-state index contributed by atoms with van der Waals surface area (Å²) in [5, 5.41) is 3.00. The molecule has 1 aromatic rings. The fourth-order valence-electron chi connectivity index (χ4n) is 3.24. The van der Waals surface area contributed by atoms with Gasteiger partial charge in [0.1, 0.15) is 0 Å². The monoisotopic (exact) mass is 431 g/mol. The molecule has 0 bridgehead atoms. The van der Waals surface area contributed by atoms with Crippen LogP contribution in [0.15, 0.2) is 23.1 Å². The van der Waals surface area contributed by atoms with E-state index in [9.17, 15) is 21.6 Å². The Kier molecular flexibility index (Phi) is 7.11. The van der Waals surface area contributed by atoms with Crippen LogP contribution in [-0.2, 0) is 24.7 Å². The minimum absolute atomic E-state index is 0.00807. The Bertz CT molecular complexity index is 925. The van der Waals surface area contributed by atoms with Crippen molar-refractivity contribution in [2.45, 2.75) is 38.1 Å². The fraction of sp³-hybridized carbons (Fsp3) is 0.611. The molecule has 1 aromatic carbocycles. The number of hydrogen-bond acceptors (Lipinski definition) is 6. The third kappa shape index (κ3) is 5.03. The molecule has 1 atom stereocenters. The van der Waals surface area contributed by atoms with Crippen molar-refractivity contribution in [3.8, 4) is 0 Å². The quantitative estimate of drug-likeness (QED) is 0.661. The van der Waals surface area contributed by atoms with Crippen LogP contribution in [0.1, 0.15) is 25.8 Å². The summed E-state index contributed by atoms with van der Waals surface area (Å²) in [6.45, 7) is 6.11. The molecule has 158 valence electrons. The molecule has 0 aromatic heterocycles. The molecule has 1 fully saturated rings. The van der Waals surface area contributed by atoms with Crippen LogP contribution in [0.4, 0.5) is 5.69 Å². The van der Waals surface area contributed by atoms with Crippen molar-refractivity contribution in [1.82, 2.24) is 9.21 Å². The van der Waals surface area contributed by atoms with E-state index in [1.807, 2.05) is 6.92 Å². The first-order chi connectivity index (χ1) is 13.0. The van der Waals surface area contributed by atoms with Crippen LogP contribution in [-0.4, -0.2) is 76.2 Å². The van der Waals surface area contributed by atoms with Crippen molar-refractivity contribution in [3.63, 3.8) is 0 Å². The zero-order chi connectivity index (χ0) is 21.1. The van der Waals surface area contributed by atoms with Crippen molar-refractivity contribution in [2.24, 2.45) is 0 Å². The van der Waals surface area contributed by atoms with Gasteiger partial charge in [-0.3, -0.25) is 4.79 Å². The number of amides is 1. The van der Waals surface area contributed by atoms with E-state index < -0.39 is 19.9 Å². The van der Waals surface area contributed by atoms with E-state index in [0.29, 0.717) is 25.2 Å². The van der Waals surface area contributed by atoms with Gasteiger partial charge in [-0.05, 0) is 31.0 Å².